The van der Waals surface area contributed by atoms with E-state index in [-0.39, 0.29) is 12.0 Å². The highest BCUT2D eigenvalue weighted by atomic mass is 79.9. The van der Waals surface area contributed by atoms with E-state index in [1.165, 1.54) is 5.56 Å². The van der Waals surface area contributed by atoms with E-state index < -0.39 is 0 Å². The number of benzene rings is 1. The van der Waals surface area contributed by atoms with Crippen LogP contribution < -0.4 is 0 Å². The summed E-state index contributed by atoms with van der Waals surface area (Å²) in [4.78, 5) is 0. The zero-order valence-electron chi connectivity index (χ0n) is 9.24. The molecule has 1 aliphatic heterocycles. The van der Waals surface area contributed by atoms with E-state index in [1.54, 1.807) is 0 Å². The fraction of sp³-hybridized carbons (Fsp3) is 0.462. The van der Waals surface area contributed by atoms with Crippen LogP contribution in [-0.2, 0) is 4.74 Å². The van der Waals surface area contributed by atoms with Gasteiger partial charge in [-0.05, 0) is 37.0 Å². The minimum absolute atomic E-state index is 0.00525. The van der Waals surface area contributed by atoms with Crippen molar-refractivity contribution in [2.45, 2.75) is 25.9 Å². The molecule has 1 aromatic rings. The van der Waals surface area contributed by atoms with E-state index in [9.17, 15) is 0 Å². The van der Waals surface area contributed by atoms with Gasteiger partial charge in [0, 0.05) is 11.1 Å². The minimum atomic E-state index is -0.0504. The molecule has 0 bridgehead atoms. The Morgan fingerprint density at radius 1 is 1.50 bits per heavy atom. The van der Waals surface area contributed by atoms with Crippen molar-refractivity contribution in [3.05, 3.63) is 33.8 Å². The quantitative estimate of drug-likeness (QED) is 0.785. The Kier molecular flexibility index (Phi) is 3.63. The molecular formula is C13H14BrNO. The molecule has 1 fully saturated rings. The number of rotatable bonds is 1. The molecule has 0 amide bonds. The summed E-state index contributed by atoms with van der Waals surface area (Å²) in [6, 6.07) is 8.52. The Morgan fingerprint density at radius 3 is 3.00 bits per heavy atom. The molecule has 0 aliphatic carbocycles. The summed E-state index contributed by atoms with van der Waals surface area (Å²) in [6.45, 7) is 2.82. The van der Waals surface area contributed by atoms with Crippen molar-refractivity contribution < 1.29 is 4.74 Å². The molecule has 1 aliphatic rings. The predicted molar refractivity (Wildman–Crippen MR) is 65.9 cm³/mol. The molecule has 1 aromatic carbocycles. The fourth-order valence-electron chi connectivity index (χ4n) is 2.09. The minimum Gasteiger partial charge on any atom is -0.372 e. The SMILES string of the molecule is Cc1cc(C2OCCCC2C#N)ccc1Br. The normalized spacial score (nSPS) is 25.1. The van der Waals surface area contributed by atoms with Crippen molar-refractivity contribution in [3.8, 4) is 6.07 Å². The zero-order valence-corrected chi connectivity index (χ0v) is 10.8. The first kappa shape index (κ1) is 11.6. The van der Waals surface area contributed by atoms with Gasteiger partial charge in [0.05, 0.1) is 18.1 Å². The standard InChI is InChI=1S/C13H14BrNO/c1-9-7-10(4-5-12(9)14)13-11(8-15)3-2-6-16-13/h4-5,7,11,13H,2-3,6H2,1H3. The third-order valence-corrected chi connectivity index (χ3v) is 3.89. The first-order valence-electron chi connectivity index (χ1n) is 5.49. The second-order valence-electron chi connectivity index (χ2n) is 4.18. The summed E-state index contributed by atoms with van der Waals surface area (Å²) in [7, 11) is 0. The predicted octanol–water partition coefficient (Wildman–Crippen LogP) is 3.75. The topological polar surface area (TPSA) is 33.0 Å². The summed E-state index contributed by atoms with van der Waals surface area (Å²) in [5, 5.41) is 9.11. The fourth-order valence-corrected chi connectivity index (χ4v) is 2.33. The van der Waals surface area contributed by atoms with Gasteiger partial charge >= 0.3 is 0 Å². The monoisotopic (exact) mass is 279 g/mol. The van der Waals surface area contributed by atoms with Crippen LogP contribution in [0.4, 0.5) is 0 Å². The van der Waals surface area contributed by atoms with Gasteiger partial charge in [-0.25, -0.2) is 0 Å². The smallest absolute Gasteiger partial charge is 0.0983 e. The third-order valence-electron chi connectivity index (χ3n) is 3.00. The maximum Gasteiger partial charge on any atom is 0.0983 e. The van der Waals surface area contributed by atoms with Crippen LogP contribution in [0.5, 0.6) is 0 Å². The molecular weight excluding hydrogens is 266 g/mol. The molecule has 3 heteroatoms. The summed E-state index contributed by atoms with van der Waals surface area (Å²) in [5.41, 5.74) is 2.30. The van der Waals surface area contributed by atoms with Crippen LogP contribution >= 0.6 is 15.9 Å². The van der Waals surface area contributed by atoms with Gasteiger partial charge < -0.3 is 4.74 Å². The molecule has 84 valence electrons. The lowest BCUT2D eigenvalue weighted by molar-refractivity contribution is -0.0102. The van der Waals surface area contributed by atoms with E-state index in [2.05, 4.69) is 35.0 Å². The highest BCUT2D eigenvalue weighted by molar-refractivity contribution is 9.10. The van der Waals surface area contributed by atoms with Crippen molar-refractivity contribution in [3.63, 3.8) is 0 Å². The molecule has 0 saturated carbocycles. The van der Waals surface area contributed by atoms with Crippen molar-refractivity contribution >= 4 is 15.9 Å². The van der Waals surface area contributed by atoms with E-state index >= 15 is 0 Å². The van der Waals surface area contributed by atoms with Crippen LogP contribution in [0.3, 0.4) is 0 Å². The van der Waals surface area contributed by atoms with Gasteiger partial charge in [-0.3, -0.25) is 0 Å². The zero-order chi connectivity index (χ0) is 11.5. The third kappa shape index (κ3) is 2.28. The van der Waals surface area contributed by atoms with Crippen molar-refractivity contribution in [2.24, 2.45) is 5.92 Å². The van der Waals surface area contributed by atoms with Gasteiger partial charge in [0.2, 0.25) is 0 Å². The van der Waals surface area contributed by atoms with E-state index in [0.717, 1.165) is 29.5 Å². The lowest BCUT2D eigenvalue weighted by Crippen LogP contribution is -2.21. The highest BCUT2D eigenvalue weighted by Gasteiger charge is 2.27. The summed E-state index contributed by atoms with van der Waals surface area (Å²) >= 11 is 3.48. The lowest BCUT2D eigenvalue weighted by Gasteiger charge is -2.27. The molecule has 2 nitrogen and oxygen atoms in total. The molecule has 0 spiro atoms. The van der Waals surface area contributed by atoms with E-state index in [1.807, 2.05) is 12.1 Å². The number of hydrogen-bond donors (Lipinski definition) is 0. The van der Waals surface area contributed by atoms with Gasteiger partial charge in [-0.1, -0.05) is 28.1 Å². The van der Waals surface area contributed by atoms with E-state index in [0.29, 0.717) is 0 Å². The van der Waals surface area contributed by atoms with Gasteiger partial charge in [0.25, 0.3) is 0 Å². The molecule has 0 N–H and O–H groups in total. The van der Waals surface area contributed by atoms with Gasteiger partial charge in [0.1, 0.15) is 0 Å². The first-order chi connectivity index (χ1) is 7.72. The summed E-state index contributed by atoms with van der Waals surface area (Å²) < 4.78 is 6.82. The summed E-state index contributed by atoms with van der Waals surface area (Å²) in [5.74, 6) is -0.00525. The molecule has 2 unspecified atom stereocenters. The Bertz CT molecular complexity index is 424. The van der Waals surface area contributed by atoms with Crippen LogP contribution in [0, 0.1) is 24.2 Å². The number of nitrogens with zero attached hydrogens (tertiary/aromatic N) is 1. The first-order valence-corrected chi connectivity index (χ1v) is 6.29. The molecule has 0 aromatic heterocycles. The molecule has 2 rings (SSSR count). The van der Waals surface area contributed by atoms with Crippen molar-refractivity contribution in [2.75, 3.05) is 6.61 Å². The van der Waals surface area contributed by atoms with Gasteiger partial charge in [0.15, 0.2) is 0 Å². The number of halogens is 1. The van der Waals surface area contributed by atoms with Gasteiger partial charge in [-0.2, -0.15) is 5.26 Å². The van der Waals surface area contributed by atoms with Crippen molar-refractivity contribution in [1.29, 1.82) is 5.26 Å². The van der Waals surface area contributed by atoms with Gasteiger partial charge in [-0.15, -0.1) is 0 Å². The Hall–Kier alpha value is -0.850. The lowest BCUT2D eigenvalue weighted by atomic mass is 9.90. The molecule has 2 atom stereocenters. The Labute approximate surface area is 104 Å². The maximum atomic E-state index is 9.11. The van der Waals surface area contributed by atoms with Crippen LogP contribution in [0.1, 0.15) is 30.1 Å². The average molecular weight is 280 g/mol. The molecule has 0 radical (unpaired) electrons. The summed E-state index contributed by atoms with van der Waals surface area (Å²) in [6.07, 6.45) is 1.88. The van der Waals surface area contributed by atoms with E-state index in [4.69, 9.17) is 10.00 Å². The largest absolute Gasteiger partial charge is 0.372 e. The van der Waals surface area contributed by atoms with Crippen LogP contribution in [0.25, 0.3) is 0 Å². The van der Waals surface area contributed by atoms with Crippen LogP contribution in [0.15, 0.2) is 22.7 Å². The number of hydrogen-bond acceptors (Lipinski definition) is 2. The molecule has 1 saturated heterocycles. The number of ether oxygens (including phenoxy) is 1. The van der Waals surface area contributed by atoms with Crippen LogP contribution in [-0.4, -0.2) is 6.61 Å². The maximum absolute atomic E-state index is 9.11. The second-order valence-corrected chi connectivity index (χ2v) is 5.03. The second kappa shape index (κ2) is 4.99. The van der Waals surface area contributed by atoms with Crippen LogP contribution in [0.2, 0.25) is 0 Å². The average Bonchev–Trinajstić information content (AvgIpc) is 2.32. The molecule has 1 heterocycles. The Morgan fingerprint density at radius 2 is 2.31 bits per heavy atom. The number of aryl methyl sites for hydroxylation is 1. The number of nitriles is 1. The Balaban J connectivity index is 2.28. The van der Waals surface area contributed by atoms with Crippen molar-refractivity contribution in [1.82, 2.24) is 0 Å². The highest BCUT2D eigenvalue weighted by Crippen LogP contribution is 2.34. The molecule has 16 heavy (non-hydrogen) atoms.